The molecule has 30 aliphatic heterocycles. The first-order valence-electron chi connectivity index (χ1n) is 21.4. The van der Waals surface area contributed by atoms with Crippen LogP contribution >= 0.6 is 8.58 Å². The molecule has 5 heteroatoms. The van der Waals surface area contributed by atoms with Gasteiger partial charge in [-0.3, -0.25) is 0 Å². The minimum Gasteiger partial charge on any atom is -0.323 e. The second-order valence-electron chi connectivity index (χ2n) is 32.5. The van der Waals surface area contributed by atoms with Crippen LogP contribution < -0.4 is 10.6 Å². The van der Waals surface area contributed by atoms with Gasteiger partial charge in [-0.15, -0.1) is 0 Å². The molecule has 1 N–H and O–H groups in total. The third kappa shape index (κ3) is 0.194. The molecule has 15 unspecified atom stereocenters. The molecule has 0 aromatic heterocycles. The number of rotatable bonds is 6. The van der Waals surface area contributed by atoms with Crippen molar-refractivity contribution in [3.63, 3.8) is 0 Å². The van der Waals surface area contributed by atoms with E-state index in [1.807, 2.05) is 14.1 Å². The van der Waals surface area contributed by atoms with Gasteiger partial charge in [-0.2, -0.15) is 0 Å². The van der Waals surface area contributed by atoms with E-state index in [1.54, 1.807) is 46.6 Å². The molecule has 0 amide bonds. The van der Waals surface area contributed by atoms with Crippen LogP contribution in [0.5, 0.6) is 0 Å². The summed E-state index contributed by atoms with van der Waals surface area (Å²) < 4.78 is 5.28. The first kappa shape index (κ1) is 18.0. The van der Waals surface area contributed by atoms with Gasteiger partial charge in [-0.05, 0) is 14.1 Å². The van der Waals surface area contributed by atoms with Gasteiger partial charge in [0.1, 0.15) is 0 Å². The molecule has 30 heterocycles. The van der Waals surface area contributed by atoms with Crippen LogP contribution in [0.4, 0.5) is 0 Å². The molecule has 3 spiro atoms. The van der Waals surface area contributed by atoms with Crippen molar-refractivity contribution >= 4 is 13.9 Å². The van der Waals surface area contributed by atoms with Gasteiger partial charge < -0.3 is 5.32 Å². The molecule has 0 radical (unpaired) electrons. The summed E-state index contributed by atoms with van der Waals surface area (Å²) in [7, 11) is 5.18. The van der Waals surface area contributed by atoms with Crippen LogP contribution in [0, 0.1) is 0 Å². The van der Waals surface area contributed by atoms with E-state index < -0.39 is 19.5 Å². The zero-order valence-corrected chi connectivity index (χ0v) is 32.0. The van der Waals surface area contributed by atoms with Crippen LogP contribution in [-0.4, -0.2) is 18.1 Å². The zero-order chi connectivity index (χ0) is 28.6. The molecule has 0 bridgehead atoms. The summed E-state index contributed by atoms with van der Waals surface area (Å²) in [6.07, 6.45) is 3.44. The Kier molecular flexibility index (Phi) is 0.582. The van der Waals surface area contributed by atoms with Crippen LogP contribution in [0.25, 0.3) is 0 Å². The molecule has 30 aliphatic rings. The maximum atomic E-state index is 3.12. The summed E-state index contributed by atoms with van der Waals surface area (Å²) in [6, 6.07) is 9.04. The second kappa shape index (κ2) is 1.52. The fourth-order valence-electron chi connectivity index (χ4n) is 55.7. The van der Waals surface area contributed by atoms with Crippen molar-refractivity contribution in [2.45, 2.75) is 168 Å². The SMILES string of the molecule is CC[C]12[CH]3[CH]4[CH]5[C]1(c1cccc(P[C]67[CH]8[CH]9[CH]%10[CH]6[Fe]9%10876%11%12%13[CH]7[CH]6[CH]%11[CH]%12[CH]7%13)c1[C]16[CH]7[CH]8[CH]9[C]1(CC)[Fe]89761%10%11%12[CH]6[CH]1[CH]%10[CH]%11[CH]6%12)[Fe]43521678[CH]2[CH]1[CH]6[CH]7[CH]28.CNC. The maximum Gasteiger partial charge on any atom is -0.0167 e. The molecule has 1 aromatic carbocycles. The summed E-state index contributed by atoms with van der Waals surface area (Å²) in [5, 5.41) is 5.05. The Balaban J connectivity index is 0.000000606. The molecule has 248 valence electrons. The van der Waals surface area contributed by atoms with Gasteiger partial charge >= 0.3 is 231 Å². The maximum absolute atomic E-state index is 3.50. The van der Waals surface area contributed by atoms with Crippen molar-refractivity contribution in [3.05, 3.63) is 29.3 Å². The van der Waals surface area contributed by atoms with E-state index in [0.717, 1.165) is 21.3 Å². The Hall–Kier alpha value is 1.17. The van der Waals surface area contributed by atoms with Gasteiger partial charge in [-0.1, -0.05) is 0 Å². The fraction of sp³-hybridized carbons (Fsp3) is 0.857. The quantitative estimate of drug-likeness (QED) is 0.225. The first-order valence-corrected chi connectivity index (χ1v) is 41.1. The van der Waals surface area contributed by atoms with Gasteiger partial charge in [0.05, 0.1) is 0 Å². The smallest absolute Gasteiger partial charge is 0.0167 e. The zero-order valence-electron chi connectivity index (χ0n) is 27.6. The van der Waals surface area contributed by atoms with E-state index in [-0.39, 0.29) is 0 Å². The van der Waals surface area contributed by atoms with Gasteiger partial charge in [-0.25, -0.2) is 0 Å². The number of hydrogen-bond donors (Lipinski definition) is 1. The Bertz CT molecular complexity index is 3780. The number of hydrogen-bond acceptors (Lipinski definition) is 1. The van der Waals surface area contributed by atoms with Gasteiger partial charge in [0.2, 0.25) is 0 Å². The first-order chi connectivity index (χ1) is 22.3. The third-order valence-electron chi connectivity index (χ3n) is 48.2. The molecule has 1 nitrogen and oxygen atoms in total. The fourth-order valence-corrected chi connectivity index (χ4v) is 297. The monoisotopic (exact) mass is 763 g/mol. The van der Waals surface area contributed by atoms with Gasteiger partial charge in [0.15, 0.2) is 0 Å². The summed E-state index contributed by atoms with van der Waals surface area (Å²) in [6.45, 7) is -4.37. The average Bonchev–Trinajstić information content (AvgIpc) is 3.79. The van der Waals surface area contributed by atoms with Crippen LogP contribution in [0.3, 0.4) is 0 Å². The minimum absolute atomic E-state index is 0.988. The predicted octanol–water partition coefficient (Wildman–Crippen LogP) is 11.3. The number of benzene rings is 1. The van der Waals surface area contributed by atoms with Crippen LogP contribution in [0.1, 0.15) is 37.8 Å². The molecule has 30 fully saturated rings. The normalized spacial score (nSPS) is 132. The van der Waals surface area contributed by atoms with E-state index in [2.05, 4.69) is 53.8 Å². The van der Waals surface area contributed by atoms with E-state index in [4.69, 9.17) is 0 Å². The Morgan fingerprint density at radius 1 is 0.553 bits per heavy atom. The van der Waals surface area contributed by atoms with Crippen LogP contribution in [0.2, 0.25) is 129 Å². The Morgan fingerprint density at radius 2 is 1.00 bits per heavy atom. The average molecular weight is 763 g/mol. The molecule has 0 saturated carbocycles. The third-order valence-corrected chi connectivity index (χ3v) is 184. The number of fused-ring (bicyclic) bond motifs is 30. The molecule has 15 atom stereocenters. The van der Waals surface area contributed by atoms with E-state index in [1.165, 1.54) is 95.3 Å². The van der Waals surface area contributed by atoms with E-state index in [9.17, 15) is 0 Å². The van der Waals surface area contributed by atoms with Crippen molar-refractivity contribution < 1.29 is 19.5 Å². The molecule has 30 saturated heterocycles. The van der Waals surface area contributed by atoms with Crippen molar-refractivity contribution in [2.75, 3.05) is 14.1 Å². The molecular weight excluding hydrogens is 717 g/mol. The largest absolute Gasteiger partial charge is 0.323 e. The molecule has 47 heavy (non-hydrogen) atoms. The van der Waals surface area contributed by atoms with Gasteiger partial charge in [0, 0.05) is 0 Å². The summed E-state index contributed by atoms with van der Waals surface area (Å²) in [5.41, 5.74) is 4.94. The minimum atomic E-state index is -3.50. The van der Waals surface area contributed by atoms with Crippen LogP contribution in [-0.2, 0) is 28.2 Å². The summed E-state index contributed by atoms with van der Waals surface area (Å²) >= 11 is 0. The predicted molar refractivity (Wildman–Crippen MR) is 175 cm³/mol. The molecular formula is C42H46Fe3NP. The Labute approximate surface area is 248 Å². The van der Waals surface area contributed by atoms with E-state index >= 15 is 0 Å². The Morgan fingerprint density at radius 3 is 1.34 bits per heavy atom. The van der Waals surface area contributed by atoms with Crippen molar-refractivity contribution in [1.82, 2.24) is 5.32 Å². The molecule has 31 rings (SSSR count). The topological polar surface area (TPSA) is 12.0 Å². The second-order valence-corrected chi connectivity index (χ2v) is 105. The summed E-state index contributed by atoms with van der Waals surface area (Å²) in [5.74, 6) is 0. The van der Waals surface area contributed by atoms with Crippen molar-refractivity contribution in [2.24, 2.45) is 0 Å². The molecule has 0 aliphatic carbocycles. The molecule has 1 aromatic rings. The van der Waals surface area contributed by atoms with Crippen LogP contribution in [0.15, 0.2) is 18.2 Å². The standard InChI is InChI=1S/C25H24P.3C5H5.C2H7N.3Fe/c1-3-18-10-7-14-21(18)23-16-9-17-24(26-20-12-5-6-13-20)25(23)22-15-8-11-19(22)4-2;3*1-2-4-5-3-1;1-3-2;;;/h5-17,26H,3-4H2,1-2H3;3*1-5H;3H,1-2H3;;;. The number of nitrogens with one attached hydrogen (secondary N) is 1. The summed E-state index contributed by atoms with van der Waals surface area (Å²) in [4.78, 5) is 37.8. The van der Waals surface area contributed by atoms with Crippen molar-refractivity contribution in [1.29, 1.82) is 0 Å². The van der Waals surface area contributed by atoms with Crippen molar-refractivity contribution in [3.8, 4) is 0 Å². The van der Waals surface area contributed by atoms with E-state index in [0.29, 0.717) is 0 Å². The van der Waals surface area contributed by atoms with Gasteiger partial charge in [0.25, 0.3) is 0 Å².